The van der Waals surface area contributed by atoms with Crippen molar-refractivity contribution in [1.29, 1.82) is 0 Å². The molecule has 2 N–H and O–H groups in total. The summed E-state index contributed by atoms with van der Waals surface area (Å²) in [5, 5.41) is 5.35. The van der Waals surface area contributed by atoms with Gasteiger partial charge in [0.05, 0.1) is 0 Å². The highest BCUT2D eigenvalue weighted by Gasteiger charge is 2.38. The minimum absolute atomic E-state index is 0.0212. The lowest BCUT2D eigenvalue weighted by atomic mass is 10.2. The minimum atomic E-state index is -4.48. The molecule has 29 heavy (non-hydrogen) atoms. The molecule has 0 radical (unpaired) electrons. The number of hydrogen-bond donors (Lipinski definition) is 2. The first-order chi connectivity index (χ1) is 13.7. The fourth-order valence-corrected chi connectivity index (χ4v) is 2.33. The third kappa shape index (κ3) is 5.90. The first-order valence-corrected chi connectivity index (χ1v) is 8.96. The van der Waals surface area contributed by atoms with Gasteiger partial charge in [0.25, 0.3) is 5.91 Å². The molecule has 3 rings (SSSR count). The minimum Gasteiger partial charge on any atom is -0.465 e. The van der Waals surface area contributed by atoms with Gasteiger partial charge >= 0.3 is 6.18 Å². The SMILES string of the molecule is C[C@@H](Oc1ccc(CNC(=O)c2ccnc(NC(=O)C3CC3)c2)cn1)C(F)(F)F. The summed E-state index contributed by atoms with van der Waals surface area (Å²) in [6, 6.07) is 5.81. The average molecular weight is 408 g/mol. The maximum atomic E-state index is 12.5. The Labute approximate surface area is 164 Å². The van der Waals surface area contributed by atoms with Crippen LogP contribution in [0.25, 0.3) is 0 Å². The second-order valence-corrected chi connectivity index (χ2v) is 6.68. The molecule has 1 aliphatic carbocycles. The molecule has 0 aliphatic heterocycles. The molecule has 2 heterocycles. The van der Waals surface area contributed by atoms with Crippen LogP contribution in [0.15, 0.2) is 36.7 Å². The normalized spacial score (nSPS) is 14.8. The summed E-state index contributed by atoms with van der Waals surface area (Å²) in [5.74, 6) is -0.330. The molecule has 1 fully saturated rings. The Morgan fingerprint density at radius 1 is 1.24 bits per heavy atom. The van der Waals surface area contributed by atoms with Crippen LogP contribution in [0.3, 0.4) is 0 Å². The molecule has 1 atom stereocenters. The molecule has 1 aliphatic rings. The number of amides is 2. The fraction of sp³-hybridized carbons (Fsp3) is 0.368. The lowest BCUT2D eigenvalue weighted by Crippen LogP contribution is -2.31. The molecule has 2 amide bonds. The highest BCUT2D eigenvalue weighted by Crippen LogP contribution is 2.30. The number of nitrogens with one attached hydrogen (secondary N) is 2. The van der Waals surface area contributed by atoms with Crippen LogP contribution in [-0.2, 0) is 11.3 Å². The number of nitrogens with zero attached hydrogens (tertiary/aromatic N) is 2. The summed E-state index contributed by atoms with van der Waals surface area (Å²) >= 11 is 0. The number of halogens is 3. The number of rotatable bonds is 7. The predicted octanol–water partition coefficient (Wildman–Crippen LogP) is 3.08. The molecule has 154 valence electrons. The Morgan fingerprint density at radius 2 is 2.00 bits per heavy atom. The van der Waals surface area contributed by atoms with E-state index in [0.717, 1.165) is 19.8 Å². The molecule has 0 bridgehead atoms. The zero-order valence-electron chi connectivity index (χ0n) is 15.5. The van der Waals surface area contributed by atoms with E-state index < -0.39 is 12.3 Å². The van der Waals surface area contributed by atoms with Crippen molar-refractivity contribution >= 4 is 17.6 Å². The standard InChI is InChI=1S/C19H19F3N4O3/c1-11(19(20,21)22)29-16-5-2-12(9-24-16)10-25-17(27)14-6-7-23-15(8-14)26-18(28)13-3-4-13/h2,5-9,11,13H,3-4,10H2,1H3,(H,25,27)(H,23,26,28)/t11-/m1/s1. The van der Waals surface area contributed by atoms with Gasteiger partial charge in [0.2, 0.25) is 11.8 Å². The van der Waals surface area contributed by atoms with Gasteiger partial charge in [-0.15, -0.1) is 0 Å². The first kappa shape index (κ1) is 20.6. The summed E-state index contributed by atoms with van der Waals surface area (Å²) < 4.78 is 42.2. The molecule has 2 aromatic rings. The molecule has 0 unspecified atom stereocenters. The summed E-state index contributed by atoms with van der Waals surface area (Å²) in [7, 11) is 0. The number of carbonyl (C=O) groups excluding carboxylic acids is 2. The zero-order valence-corrected chi connectivity index (χ0v) is 15.5. The van der Waals surface area contributed by atoms with Gasteiger partial charge in [-0.1, -0.05) is 6.07 Å². The van der Waals surface area contributed by atoms with Crippen LogP contribution < -0.4 is 15.4 Å². The maximum Gasteiger partial charge on any atom is 0.425 e. The van der Waals surface area contributed by atoms with Crippen LogP contribution >= 0.6 is 0 Å². The largest absolute Gasteiger partial charge is 0.465 e. The van der Waals surface area contributed by atoms with E-state index in [-0.39, 0.29) is 30.2 Å². The van der Waals surface area contributed by atoms with Crippen molar-refractivity contribution in [2.75, 3.05) is 5.32 Å². The molecular weight excluding hydrogens is 389 g/mol. The molecule has 7 nitrogen and oxygen atoms in total. The Hall–Kier alpha value is -3.17. The highest BCUT2D eigenvalue weighted by molar-refractivity contribution is 5.97. The van der Waals surface area contributed by atoms with Crippen LogP contribution in [0.5, 0.6) is 5.88 Å². The quantitative estimate of drug-likeness (QED) is 0.735. The third-order valence-electron chi connectivity index (χ3n) is 4.23. The van der Waals surface area contributed by atoms with Crippen molar-refractivity contribution in [3.8, 4) is 5.88 Å². The predicted molar refractivity (Wildman–Crippen MR) is 97.1 cm³/mol. The summed E-state index contributed by atoms with van der Waals surface area (Å²) in [6.07, 6.45) is -1.98. The van der Waals surface area contributed by atoms with Crippen LogP contribution in [0.4, 0.5) is 19.0 Å². The van der Waals surface area contributed by atoms with Crippen LogP contribution in [0.1, 0.15) is 35.7 Å². The molecule has 10 heteroatoms. The van der Waals surface area contributed by atoms with E-state index in [1.807, 2.05) is 0 Å². The summed E-state index contributed by atoms with van der Waals surface area (Å²) in [6.45, 7) is 1.01. The molecule has 1 saturated carbocycles. The molecule has 0 aromatic carbocycles. The van der Waals surface area contributed by atoms with E-state index in [2.05, 4.69) is 20.6 Å². The van der Waals surface area contributed by atoms with Crippen molar-refractivity contribution in [2.24, 2.45) is 5.92 Å². The first-order valence-electron chi connectivity index (χ1n) is 8.96. The number of aromatic nitrogens is 2. The molecule has 0 saturated heterocycles. The average Bonchev–Trinajstić information content (AvgIpc) is 3.52. The van der Waals surface area contributed by atoms with E-state index in [1.54, 1.807) is 0 Å². The number of carbonyl (C=O) groups is 2. The van der Waals surface area contributed by atoms with E-state index in [0.29, 0.717) is 16.9 Å². The van der Waals surface area contributed by atoms with E-state index >= 15 is 0 Å². The van der Waals surface area contributed by atoms with Crippen LogP contribution in [0.2, 0.25) is 0 Å². The van der Waals surface area contributed by atoms with Gasteiger partial charge in [-0.05, 0) is 37.5 Å². The van der Waals surface area contributed by atoms with Gasteiger partial charge in [0.15, 0.2) is 6.10 Å². The van der Waals surface area contributed by atoms with E-state index in [1.165, 1.54) is 36.7 Å². The van der Waals surface area contributed by atoms with Crippen molar-refractivity contribution in [3.63, 3.8) is 0 Å². The third-order valence-corrected chi connectivity index (χ3v) is 4.23. The monoisotopic (exact) mass is 408 g/mol. The number of anilines is 1. The van der Waals surface area contributed by atoms with Crippen LogP contribution in [-0.4, -0.2) is 34.1 Å². The lowest BCUT2D eigenvalue weighted by Gasteiger charge is -2.16. The number of hydrogen-bond acceptors (Lipinski definition) is 5. The van der Waals surface area contributed by atoms with Gasteiger partial charge in [0.1, 0.15) is 5.82 Å². The van der Waals surface area contributed by atoms with Crippen molar-refractivity contribution in [1.82, 2.24) is 15.3 Å². The van der Waals surface area contributed by atoms with E-state index in [9.17, 15) is 22.8 Å². The van der Waals surface area contributed by atoms with Gasteiger partial charge < -0.3 is 15.4 Å². The summed E-state index contributed by atoms with van der Waals surface area (Å²) in [4.78, 5) is 31.9. The Bertz CT molecular complexity index is 883. The second kappa shape index (κ2) is 8.46. The van der Waals surface area contributed by atoms with Crippen molar-refractivity contribution in [2.45, 2.75) is 38.6 Å². The number of ether oxygens (including phenoxy) is 1. The smallest absolute Gasteiger partial charge is 0.425 e. The van der Waals surface area contributed by atoms with E-state index in [4.69, 9.17) is 4.74 Å². The zero-order chi connectivity index (χ0) is 21.0. The van der Waals surface area contributed by atoms with Gasteiger partial charge in [-0.2, -0.15) is 13.2 Å². The van der Waals surface area contributed by atoms with Crippen LogP contribution in [0, 0.1) is 5.92 Å². The molecule has 0 spiro atoms. The Morgan fingerprint density at radius 3 is 2.62 bits per heavy atom. The molecule has 2 aromatic heterocycles. The Balaban J connectivity index is 1.53. The maximum absolute atomic E-state index is 12.5. The summed E-state index contributed by atoms with van der Waals surface area (Å²) in [5.41, 5.74) is 0.902. The number of pyridine rings is 2. The van der Waals surface area contributed by atoms with Gasteiger partial charge in [-0.25, -0.2) is 9.97 Å². The fourth-order valence-electron chi connectivity index (χ4n) is 2.33. The van der Waals surface area contributed by atoms with Crippen molar-refractivity contribution in [3.05, 3.63) is 47.8 Å². The van der Waals surface area contributed by atoms with Crippen molar-refractivity contribution < 1.29 is 27.5 Å². The topological polar surface area (TPSA) is 93.2 Å². The number of alkyl halides is 3. The molecular formula is C19H19F3N4O3. The highest BCUT2D eigenvalue weighted by atomic mass is 19.4. The lowest BCUT2D eigenvalue weighted by molar-refractivity contribution is -0.189. The van der Waals surface area contributed by atoms with Gasteiger partial charge in [0, 0.05) is 36.5 Å². The van der Waals surface area contributed by atoms with Gasteiger partial charge in [-0.3, -0.25) is 9.59 Å². The second-order valence-electron chi connectivity index (χ2n) is 6.68. The Kier molecular flexibility index (Phi) is 6.00.